The van der Waals surface area contributed by atoms with Crippen LogP contribution in [0.3, 0.4) is 0 Å². The predicted octanol–water partition coefficient (Wildman–Crippen LogP) is 3.15. The summed E-state index contributed by atoms with van der Waals surface area (Å²) in [6, 6.07) is 11.0. The highest BCUT2D eigenvalue weighted by Gasteiger charge is 2.32. The van der Waals surface area contributed by atoms with Gasteiger partial charge in [-0.3, -0.25) is 9.69 Å². The Hall–Kier alpha value is -2.84. The molecule has 3 rings (SSSR count). The number of nitrogens with two attached hydrogens (primary N) is 1. The molecule has 7 nitrogen and oxygen atoms in total. The molecule has 1 aliphatic rings. The van der Waals surface area contributed by atoms with Crippen molar-refractivity contribution in [2.45, 2.75) is 39.0 Å². The molecule has 0 unspecified atom stereocenters. The van der Waals surface area contributed by atoms with E-state index in [0.29, 0.717) is 36.0 Å². The minimum Gasteiger partial charge on any atom is -0.483 e. The van der Waals surface area contributed by atoms with Crippen LogP contribution in [0, 0.1) is 5.82 Å². The van der Waals surface area contributed by atoms with Crippen molar-refractivity contribution >= 4 is 23.5 Å². The van der Waals surface area contributed by atoms with E-state index in [4.69, 9.17) is 22.1 Å². The van der Waals surface area contributed by atoms with E-state index in [9.17, 15) is 14.0 Å². The van der Waals surface area contributed by atoms with Gasteiger partial charge in [-0.05, 0) is 49.7 Å². The standard InChI is InChI=1S/C23H28ClFN4O3/c1-15-12-29(16(2)11-28(15)13-17-3-6-20(25)7-4-17)22(30)14-32-21-8-5-19(24)9-18(21)10-27-23(26)31/h3-9,15-16H,10-14H2,1-2H3,(H3,26,27,31)/t15-,16+/m0/s1. The van der Waals surface area contributed by atoms with Crippen molar-refractivity contribution in [2.75, 3.05) is 19.7 Å². The zero-order valence-electron chi connectivity index (χ0n) is 18.2. The van der Waals surface area contributed by atoms with Crippen LogP contribution in [-0.2, 0) is 17.9 Å². The Balaban J connectivity index is 1.58. The summed E-state index contributed by atoms with van der Waals surface area (Å²) < 4.78 is 18.9. The van der Waals surface area contributed by atoms with E-state index in [1.54, 1.807) is 30.3 Å². The molecule has 32 heavy (non-hydrogen) atoms. The minimum atomic E-state index is -0.659. The Morgan fingerprint density at radius 2 is 1.88 bits per heavy atom. The first kappa shape index (κ1) is 23.8. The van der Waals surface area contributed by atoms with Gasteiger partial charge in [0.15, 0.2) is 6.61 Å². The summed E-state index contributed by atoms with van der Waals surface area (Å²) in [6.07, 6.45) is 0. The van der Waals surface area contributed by atoms with Crippen LogP contribution < -0.4 is 15.8 Å². The molecule has 1 aliphatic heterocycles. The predicted molar refractivity (Wildman–Crippen MR) is 121 cm³/mol. The van der Waals surface area contributed by atoms with E-state index in [1.807, 2.05) is 11.8 Å². The van der Waals surface area contributed by atoms with E-state index in [0.717, 1.165) is 5.56 Å². The minimum absolute atomic E-state index is 0.00367. The highest BCUT2D eigenvalue weighted by molar-refractivity contribution is 6.30. The third-order valence-corrected chi connectivity index (χ3v) is 5.80. The molecule has 1 saturated heterocycles. The van der Waals surface area contributed by atoms with E-state index in [2.05, 4.69) is 17.1 Å². The first-order chi connectivity index (χ1) is 15.2. The van der Waals surface area contributed by atoms with Crippen LogP contribution >= 0.6 is 11.6 Å². The molecule has 172 valence electrons. The summed E-state index contributed by atoms with van der Waals surface area (Å²) in [4.78, 5) is 28.0. The van der Waals surface area contributed by atoms with Crippen LogP contribution in [-0.4, -0.2) is 53.5 Å². The zero-order valence-corrected chi connectivity index (χ0v) is 18.9. The third-order valence-electron chi connectivity index (χ3n) is 5.56. The number of amides is 3. The van der Waals surface area contributed by atoms with Gasteiger partial charge in [0.2, 0.25) is 0 Å². The summed E-state index contributed by atoms with van der Waals surface area (Å²) in [5.41, 5.74) is 6.81. The number of carbonyl (C=O) groups is 2. The maximum Gasteiger partial charge on any atom is 0.312 e. The van der Waals surface area contributed by atoms with Crippen LogP contribution in [0.15, 0.2) is 42.5 Å². The monoisotopic (exact) mass is 462 g/mol. The average Bonchev–Trinajstić information content (AvgIpc) is 2.75. The molecule has 3 amide bonds. The normalized spacial score (nSPS) is 18.9. The molecule has 0 saturated carbocycles. The number of benzene rings is 2. The fourth-order valence-electron chi connectivity index (χ4n) is 3.82. The summed E-state index contributed by atoms with van der Waals surface area (Å²) in [5.74, 6) is 0.0986. The summed E-state index contributed by atoms with van der Waals surface area (Å²) in [5, 5.41) is 2.99. The summed E-state index contributed by atoms with van der Waals surface area (Å²) in [7, 11) is 0. The first-order valence-corrected chi connectivity index (χ1v) is 10.8. The highest BCUT2D eigenvalue weighted by atomic mass is 35.5. The van der Waals surface area contributed by atoms with Crippen molar-refractivity contribution in [3.8, 4) is 5.75 Å². The number of hydrogen-bond donors (Lipinski definition) is 2. The molecular formula is C23H28ClFN4O3. The van der Waals surface area contributed by atoms with Crippen LogP contribution in [0.2, 0.25) is 5.02 Å². The van der Waals surface area contributed by atoms with Gasteiger partial charge >= 0.3 is 6.03 Å². The van der Waals surface area contributed by atoms with Crippen molar-refractivity contribution in [1.82, 2.24) is 15.1 Å². The molecule has 9 heteroatoms. The Kier molecular flexibility index (Phi) is 7.93. The maximum absolute atomic E-state index is 13.2. The van der Waals surface area contributed by atoms with E-state index >= 15 is 0 Å². The number of piperazine rings is 1. The number of ether oxygens (including phenoxy) is 1. The lowest BCUT2D eigenvalue weighted by atomic mass is 10.1. The highest BCUT2D eigenvalue weighted by Crippen LogP contribution is 2.24. The molecule has 0 aromatic heterocycles. The van der Waals surface area contributed by atoms with Crippen molar-refractivity contribution in [2.24, 2.45) is 5.73 Å². The molecule has 0 aliphatic carbocycles. The fraction of sp³-hybridized carbons (Fsp3) is 0.391. The van der Waals surface area contributed by atoms with E-state index in [-0.39, 0.29) is 37.0 Å². The molecule has 2 aromatic rings. The van der Waals surface area contributed by atoms with Crippen LogP contribution in [0.1, 0.15) is 25.0 Å². The van der Waals surface area contributed by atoms with Gasteiger partial charge in [-0.25, -0.2) is 9.18 Å². The third kappa shape index (κ3) is 6.34. The molecule has 0 radical (unpaired) electrons. The molecule has 1 heterocycles. The Morgan fingerprint density at radius 1 is 1.16 bits per heavy atom. The quantitative estimate of drug-likeness (QED) is 0.661. The van der Waals surface area contributed by atoms with Gasteiger partial charge < -0.3 is 20.7 Å². The molecule has 0 bridgehead atoms. The largest absolute Gasteiger partial charge is 0.483 e. The maximum atomic E-state index is 13.2. The average molecular weight is 463 g/mol. The van der Waals surface area contributed by atoms with Crippen molar-refractivity contribution in [1.29, 1.82) is 0 Å². The van der Waals surface area contributed by atoms with Gasteiger partial charge in [-0.2, -0.15) is 0 Å². The second-order valence-corrected chi connectivity index (χ2v) is 8.50. The van der Waals surface area contributed by atoms with Gasteiger partial charge in [0.1, 0.15) is 11.6 Å². The van der Waals surface area contributed by atoms with Crippen molar-refractivity contribution < 1.29 is 18.7 Å². The topological polar surface area (TPSA) is 87.9 Å². The van der Waals surface area contributed by atoms with Gasteiger partial charge in [0, 0.05) is 48.8 Å². The zero-order chi connectivity index (χ0) is 23.3. The lowest BCUT2D eigenvalue weighted by Gasteiger charge is -2.44. The van der Waals surface area contributed by atoms with Gasteiger partial charge in [-0.1, -0.05) is 23.7 Å². The SMILES string of the molecule is C[C@@H]1CN(Cc2ccc(F)cc2)[C@@H](C)CN1C(=O)COc1ccc(Cl)cc1CNC(N)=O. The van der Waals surface area contributed by atoms with Gasteiger partial charge in [0.25, 0.3) is 5.91 Å². The Morgan fingerprint density at radius 3 is 2.56 bits per heavy atom. The molecule has 0 spiro atoms. The van der Waals surface area contributed by atoms with Crippen molar-refractivity contribution in [3.63, 3.8) is 0 Å². The number of halogens is 2. The molecule has 3 N–H and O–H groups in total. The Labute approximate surface area is 192 Å². The Bertz CT molecular complexity index is 957. The number of urea groups is 1. The number of hydrogen-bond acceptors (Lipinski definition) is 4. The van der Waals surface area contributed by atoms with E-state index in [1.165, 1.54) is 12.1 Å². The van der Waals surface area contributed by atoms with Crippen molar-refractivity contribution in [3.05, 3.63) is 64.4 Å². The van der Waals surface area contributed by atoms with Crippen LogP contribution in [0.5, 0.6) is 5.75 Å². The number of carbonyl (C=O) groups excluding carboxylic acids is 2. The van der Waals surface area contributed by atoms with E-state index < -0.39 is 6.03 Å². The summed E-state index contributed by atoms with van der Waals surface area (Å²) in [6.45, 7) is 6.08. The van der Waals surface area contributed by atoms with Gasteiger partial charge in [-0.15, -0.1) is 0 Å². The van der Waals surface area contributed by atoms with Gasteiger partial charge in [0.05, 0.1) is 0 Å². The lowest BCUT2D eigenvalue weighted by molar-refractivity contribution is -0.139. The number of rotatable bonds is 7. The summed E-state index contributed by atoms with van der Waals surface area (Å²) >= 11 is 6.03. The second kappa shape index (κ2) is 10.7. The number of nitrogens with zero attached hydrogens (tertiary/aromatic N) is 2. The molecular weight excluding hydrogens is 435 g/mol. The molecule has 2 aromatic carbocycles. The van der Waals surface area contributed by atoms with Crippen LogP contribution in [0.25, 0.3) is 0 Å². The lowest BCUT2D eigenvalue weighted by Crippen LogP contribution is -2.58. The first-order valence-electron chi connectivity index (χ1n) is 10.5. The van der Waals surface area contributed by atoms with Crippen LogP contribution in [0.4, 0.5) is 9.18 Å². The number of nitrogens with one attached hydrogen (secondary N) is 1. The molecule has 2 atom stereocenters. The number of primary amides is 1. The fourth-order valence-corrected chi connectivity index (χ4v) is 4.02. The molecule has 1 fully saturated rings. The smallest absolute Gasteiger partial charge is 0.312 e. The second-order valence-electron chi connectivity index (χ2n) is 8.06.